The number of nitrogens with one attached hydrogen (secondary N) is 2. The Morgan fingerprint density at radius 3 is 2.45 bits per heavy atom. The largest absolute Gasteiger partial charge is 0.497 e. The van der Waals surface area contributed by atoms with Gasteiger partial charge in [0.1, 0.15) is 5.75 Å². The molecule has 33 heavy (non-hydrogen) atoms. The van der Waals surface area contributed by atoms with Crippen molar-refractivity contribution >= 4 is 27.3 Å². The van der Waals surface area contributed by atoms with Gasteiger partial charge in [-0.25, -0.2) is 8.42 Å². The first-order chi connectivity index (χ1) is 15.9. The summed E-state index contributed by atoms with van der Waals surface area (Å²) < 4.78 is 32.9. The molecule has 3 aromatic rings. The Kier molecular flexibility index (Phi) is 6.55. The summed E-state index contributed by atoms with van der Waals surface area (Å²) in [5.41, 5.74) is 4.41. The van der Waals surface area contributed by atoms with Crippen molar-refractivity contribution in [2.24, 2.45) is 0 Å². The molecule has 0 fully saturated rings. The van der Waals surface area contributed by atoms with Crippen molar-refractivity contribution in [1.82, 2.24) is 5.32 Å². The number of ether oxygens (including phenoxy) is 1. The number of benzene rings is 3. The van der Waals surface area contributed by atoms with E-state index in [-0.39, 0.29) is 10.8 Å². The molecule has 1 amide bonds. The lowest BCUT2D eigenvalue weighted by atomic mass is 9.99. The van der Waals surface area contributed by atoms with Gasteiger partial charge < -0.3 is 15.0 Å². The molecule has 172 valence electrons. The van der Waals surface area contributed by atoms with Crippen LogP contribution >= 0.6 is 0 Å². The number of anilines is 2. The van der Waals surface area contributed by atoms with E-state index in [1.165, 1.54) is 35.5 Å². The van der Waals surface area contributed by atoms with Crippen LogP contribution in [0.5, 0.6) is 5.75 Å². The van der Waals surface area contributed by atoms with Gasteiger partial charge in [0, 0.05) is 37.1 Å². The van der Waals surface area contributed by atoms with Gasteiger partial charge in [-0.05, 0) is 78.6 Å². The molecule has 1 aliphatic rings. The lowest BCUT2D eigenvalue weighted by molar-refractivity contribution is 0.0951. The normalized spacial score (nSPS) is 13.2. The predicted octanol–water partition coefficient (Wildman–Crippen LogP) is 3.81. The average molecular weight is 466 g/mol. The highest BCUT2D eigenvalue weighted by atomic mass is 32.2. The standard InChI is InChI=1S/C25H27N3O4S/c1-28-15-3-4-20-16-18(5-14-24(20)28)17-26-25(29)19-6-12-23(13-7-19)33(30,31)27-21-8-10-22(32-2)11-9-21/h5-14,16,27H,3-4,15,17H2,1-2H3,(H,26,29). The SMILES string of the molecule is COc1ccc(NS(=O)(=O)c2ccc(C(=O)NCc3ccc4c(c3)CCCN4C)cc2)cc1. The van der Waals surface area contributed by atoms with E-state index in [0.29, 0.717) is 23.5 Å². The first kappa shape index (κ1) is 22.7. The molecular weight excluding hydrogens is 438 g/mol. The molecule has 2 N–H and O–H groups in total. The highest BCUT2D eigenvalue weighted by molar-refractivity contribution is 7.92. The van der Waals surface area contributed by atoms with Crippen LogP contribution in [-0.4, -0.2) is 35.0 Å². The first-order valence-electron chi connectivity index (χ1n) is 10.7. The molecule has 0 radical (unpaired) electrons. The fourth-order valence-electron chi connectivity index (χ4n) is 3.89. The molecule has 1 aliphatic heterocycles. The van der Waals surface area contributed by atoms with E-state index in [2.05, 4.69) is 34.1 Å². The van der Waals surface area contributed by atoms with Crippen LogP contribution in [0.4, 0.5) is 11.4 Å². The number of carbonyl (C=O) groups excluding carboxylic acids is 1. The number of methoxy groups -OCH3 is 1. The maximum absolute atomic E-state index is 12.6. The Morgan fingerprint density at radius 2 is 1.76 bits per heavy atom. The number of fused-ring (bicyclic) bond motifs is 1. The minimum atomic E-state index is -3.77. The Bertz CT molecular complexity index is 1240. The van der Waals surface area contributed by atoms with Crippen molar-refractivity contribution in [1.29, 1.82) is 0 Å². The van der Waals surface area contributed by atoms with Crippen molar-refractivity contribution in [2.45, 2.75) is 24.3 Å². The third-order valence-corrected chi connectivity index (χ3v) is 7.11. The molecule has 0 aromatic heterocycles. The van der Waals surface area contributed by atoms with Crippen molar-refractivity contribution < 1.29 is 17.9 Å². The van der Waals surface area contributed by atoms with Gasteiger partial charge in [-0.3, -0.25) is 9.52 Å². The Labute approximate surface area is 194 Å². The van der Waals surface area contributed by atoms with E-state index < -0.39 is 10.0 Å². The summed E-state index contributed by atoms with van der Waals surface area (Å²) in [6.45, 7) is 1.47. The number of hydrogen-bond donors (Lipinski definition) is 2. The topological polar surface area (TPSA) is 87.7 Å². The summed E-state index contributed by atoms with van der Waals surface area (Å²) >= 11 is 0. The van der Waals surface area contributed by atoms with Crippen molar-refractivity contribution in [3.8, 4) is 5.75 Å². The summed E-state index contributed by atoms with van der Waals surface area (Å²) in [6.07, 6.45) is 2.17. The van der Waals surface area contributed by atoms with Crippen molar-refractivity contribution in [3.05, 3.63) is 83.4 Å². The van der Waals surface area contributed by atoms with Gasteiger partial charge in [0.25, 0.3) is 15.9 Å². The van der Waals surface area contributed by atoms with E-state index in [1.807, 2.05) is 6.07 Å². The fourth-order valence-corrected chi connectivity index (χ4v) is 4.95. The number of hydrogen-bond acceptors (Lipinski definition) is 5. The van der Waals surface area contributed by atoms with Crippen molar-refractivity contribution in [2.75, 3.05) is 30.3 Å². The molecule has 8 heteroatoms. The smallest absolute Gasteiger partial charge is 0.261 e. The minimum Gasteiger partial charge on any atom is -0.497 e. The van der Waals surface area contributed by atoms with Crippen molar-refractivity contribution in [3.63, 3.8) is 0 Å². The van der Waals surface area contributed by atoms with Gasteiger partial charge in [0.15, 0.2) is 0 Å². The summed E-state index contributed by atoms with van der Waals surface area (Å²) in [5, 5.41) is 2.91. The molecule has 0 saturated heterocycles. The van der Waals surface area contributed by atoms with E-state index in [9.17, 15) is 13.2 Å². The predicted molar refractivity (Wildman–Crippen MR) is 129 cm³/mol. The summed E-state index contributed by atoms with van der Waals surface area (Å²) in [6, 6.07) is 18.7. The quantitative estimate of drug-likeness (QED) is 0.554. The van der Waals surface area contributed by atoms with Crippen LogP contribution in [0.3, 0.4) is 0 Å². The zero-order valence-electron chi connectivity index (χ0n) is 18.7. The zero-order valence-corrected chi connectivity index (χ0v) is 19.5. The fraction of sp³-hybridized carbons (Fsp3) is 0.240. The molecule has 0 aliphatic carbocycles. The van der Waals surface area contributed by atoms with Crippen LogP contribution in [0.1, 0.15) is 27.9 Å². The molecule has 3 aromatic carbocycles. The molecule has 4 rings (SSSR count). The van der Waals surface area contributed by atoms with E-state index in [4.69, 9.17) is 4.74 Å². The maximum Gasteiger partial charge on any atom is 0.261 e. The lowest BCUT2D eigenvalue weighted by Crippen LogP contribution is -2.25. The molecule has 0 spiro atoms. The molecule has 7 nitrogen and oxygen atoms in total. The highest BCUT2D eigenvalue weighted by Crippen LogP contribution is 2.27. The minimum absolute atomic E-state index is 0.0775. The van der Waals surface area contributed by atoms with Gasteiger partial charge in [-0.1, -0.05) is 12.1 Å². The van der Waals surface area contributed by atoms with E-state index >= 15 is 0 Å². The first-order valence-corrected chi connectivity index (χ1v) is 12.2. The summed E-state index contributed by atoms with van der Waals surface area (Å²) in [4.78, 5) is 14.9. The van der Waals surface area contributed by atoms with Gasteiger partial charge >= 0.3 is 0 Å². The van der Waals surface area contributed by atoms with Crippen LogP contribution < -0.4 is 19.7 Å². The van der Waals surface area contributed by atoms with Crippen LogP contribution in [0.15, 0.2) is 71.6 Å². The van der Waals surface area contributed by atoms with Gasteiger partial charge in [0.05, 0.1) is 12.0 Å². The number of nitrogens with zero attached hydrogens (tertiary/aromatic N) is 1. The number of amides is 1. The monoisotopic (exact) mass is 465 g/mol. The van der Waals surface area contributed by atoms with Gasteiger partial charge in [-0.15, -0.1) is 0 Å². The second kappa shape index (κ2) is 9.54. The third kappa shape index (κ3) is 5.28. The summed E-state index contributed by atoms with van der Waals surface area (Å²) in [7, 11) is -0.133. The summed E-state index contributed by atoms with van der Waals surface area (Å²) in [5.74, 6) is 0.382. The van der Waals surface area contributed by atoms with Crippen LogP contribution in [0.25, 0.3) is 0 Å². The Hall–Kier alpha value is -3.52. The average Bonchev–Trinajstić information content (AvgIpc) is 2.83. The number of carbonyl (C=O) groups is 1. The van der Waals surface area contributed by atoms with E-state index in [0.717, 1.165) is 24.9 Å². The Balaban J connectivity index is 1.38. The van der Waals surface area contributed by atoms with Crippen LogP contribution in [0.2, 0.25) is 0 Å². The second-order valence-electron chi connectivity index (χ2n) is 8.03. The van der Waals surface area contributed by atoms with Gasteiger partial charge in [0.2, 0.25) is 0 Å². The molecule has 0 saturated carbocycles. The van der Waals surface area contributed by atoms with Crippen LogP contribution in [0, 0.1) is 0 Å². The molecule has 1 heterocycles. The zero-order chi connectivity index (χ0) is 23.4. The number of sulfonamides is 1. The molecule has 0 atom stereocenters. The Morgan fingerprint density at radius 1 is 1.03 bits per heavy atom. The lowest BCUT2D eigenvalue weighted by Gasteiger charge is -2.27. The molecular formula is C25H27N3O4S. The second-order valence-corrected chi connectivity index (χ2v) is 9.71. The number of aryl methyl sites for hydroxylation is 1. The van der Waals surface area contributed by atoms with E-state index in [1.54, 1.807) is 31.4 Å². The highest BCUT2D eigenvalue weighted by Gasteiger charge is 2.16. The molecule has 0 bridgehead atoms. The number of rotatable bonds is 7. The third-order valence-electron chi connectivity index (χ3n) is 5.72. The molecule has 0 unspecified atom stereocenters. The maximum atomic E-state index is 12.6. The van der Waals surface area contributed by atoms with Gasteiger partial charge in [-0.2, -0.15) is 0 Å². The van der Waals surface area contributed by atoms with Crippen LogP contribution in [-0.2, 0) is 23.0 Å².